The van der Waals surface area contributed by atoms with E-state index in [4.69, 9.17) is 16.3 Å². The van der Waals surface area contributed by atoms with E-state index in [0.29, 0.717) is 28.4 Å². The number of anilines is 1. The molecule has 0 unspecified atom stereocenters. The van der Waals surface area contributed by atoms with Crippen LogP contribution in [0.5, 0.6) is 5.75 Å². The van der Waals surface area contributed by atoms with E-state index in [1.807, 2.05) is 42.5 Å². The van der Waals surface area contributed by atoms with E-state index in [1.54, 1.807) is 36.4 Å². The highest BCUT2D eigenvalue weighted by Gasteiger charge is 2.30. The van der Waals surface area contributed by atoms with Gasteiger partial charge in [-0.1, -0.05) is 60.1 Å². The van der Waals surface area contributed by atoms with Crippen LogP contribution in [0, 0.1) is 0 Å². The Balaban J connectivity index is 1.84. The van der Waals surface area contributed by atoms with Crippen LogP contribution in [0.4, 0.5) is 5.69 Å². The second kappa shape index (κ2) is 14.0. The number of amides is 2. The molecule has 3 aromatic rings. The number of rotatable bonds is 13. The van der Waals surface area contributed by atoms with E-state index < -0.39 is 16.1 Å². The van der Waals surface area contributed by atoms with Crippen molar-refractivity contribution in [2.45, 2.75) is 31.8 Å². The van der Waals surface area contributed by atoms with Crippen molar-refractivity contribution in [1.29, 1.82) is 0 Å². The number of nitrogens with one attached hydrogen (secondary N) is 1. The van der Waals surface area contributed by atoms with Gasteiger partial charge in [0.2, 0.25) is 21.8 Å². The summed E-state index contributed by atoms with van der Waals surface area (Å²) in [5, 5.41) is 3.18. The van der Waals surface area contributed by atoms with Gasteiger partial charge in [-0.25, -0.2) is 8.42 Å². The molecule has 0 fully saturated rings. The number of hydrogen-bond donors (Lipinski definition) is 1. The maximum Gasteiger partial charge on any atom is 0.242 e. The van der Waals surface area contributed by atoms with E-state index in [2.05, 4.69) is 5.32 Å². The van der Waals surface area contributed by atoms with Crippen LogP contribution < -0.4 is 14.4 Å². The average molecular weight is 572 g/mol. The van der Waals surface area contributed by atoms with E-state index in [-0.39, 0.29) is 37.7 Å². The molecule has 0 aliphatic rings. The highest BCUT2D eigenvalue weighted by Crippen LogP contribution is 2.24. The minimum atomic E-state index is -3.60. The van der Waals surface area contributed by atoms with Gasteiger partial charge >= 0.3 is 0 Å². The molecule has 0 aromatic heterocycles. The molecule has 0 spiro atoms. The molecule has 0 saturated heterocycles. The Morgan fingerprint density at radius 3 is 2.21 bits per heavy atom. The Labute approximate surface area is 235 Å². The molecule has 0 radical (unpaired) electrons. The Bertz CT molecular complexity index is 1350. The first-order valence-electron chi connectivity index (χ1n) is 12.5. The zero-order chi connectivity index (χ0) is 28.4. The zero-order valence-electron chi connectivity index (χ0n) is 22.3. The van der Waals surface area contributed by atoms with Gasteiger partial charge in [-0.15, -0.1) is 0 Å². The van der Waals surface area contributed by atoms with Gasteiger partial charge in [0, 0.05) is 38.0 Å². The fourth-order valence-corrected chi connectivity index (χ4v) is 5.44. The summed E-state index contributed by atoms with van der Waals surface area (Å²) < 4.78 is 31.5. The molecule has 39 heavy (non-hydrogen) atoms. The first-order chi connectivity index (χ1) is 18.6. The molecule has 3 rings (SSSR count). The van der Waals surface area contributed by atoms with Gasteiger partial charge in [-0.05, 0) is 47.9 Å². The predicted molar refractivity (Wildman–Crippen MR) is 154 cm³/mol. The Kier molecular flexibility index (Phi) is 10.8. The van der Waals surface area contributed by atoms with E-state index in [0.717, 1.165) is 11.8 Å². The largest absolute Gasteiger partial charge is 0.497 e. The summed E-state index contributed by atoms with van der Waals surface area (Å²) in [6.45, 7) is 0.234. The first-order valence-corrected chi connectivity index (χ1v) is 14.8. The average Bonchev–Trinajstić information content (AvgIpc) is 2.93. The summed E-state index contributed by atoms with van der Waals surface area (Å²) in [5.74, 6) is 0.0362. The fourth-order valence-electron chi connectivity index (χ4n) is 4.28. The quantitative estimate of drug-likeness (QED) is 0.330. The highest BCUT2D eigenvalue weighted by molar-refractivity contribution is 7.92. The molecule has 0 aliphatic heterocycles. The van der Waals surface area contributed by atoms with E-state index in [9.17, 15) is 18.0 Å². The molecule has 1 atom stereocenters. The summed E-state index contributed by atoms with van der Waals surface area (Å²) in [6, 6.07) is 22.6. The van der Waals surface area contributed by atoms with Crippen molar-refractivity contribution in [3.05, 3.63) is 95.0 Å². The van der Waals surface area contributed by atoms with Crippen LogP contribution in [-0.2, 0) is 32.6 Å². The summed E-state index contributed by atoms with van der Waals surface area (Å²) in [6.07, 6.45) is 1.74. The Morgan fingerprint density at radius 2 is 1.62 bits per heavy atom. The Hall–Kier alpha value is -3.56. The topological polar surface area (TPSA) is 96.0 Å². The number of hydrogen-bond acceptors (Lipinski definition) is 5. The van der Waals surface area contributed by atoms with Crippen LogP contribution in [0.2, 0.25) is 5.02 Å². The second-order valence-corrected chi connectivity index (χ2v) is 11.4. The van der Waals surface area contributed by atoms with Crippen molar-refractivity contribution in [1.82, 2.24) is 10.2 Å². The highest BCUT2D eigenvalue weighted by atomic mass is 35.5. The number of likely N-dealkylation sites (N-methyl/N-ethyl adjacent to an activating group) is 1. The molecule has 10 heteroatoms. The number of sulfonamides is 1. The lowest BCUT2D eigenvalue weighted by molar-refractivity contribution is -0.141. The molecule has 0 aliphatic carbocycles. The molecule has 208 valence electrons. The smallest absolute Gasteiger partial charge is 0.242 e. The zero-order valence-corrected chi connectivity index (χ0v) is 23.9. The molecule has 0 bridgehead atoms. The molecule has 2 amide bonds. The molecular formula is C29H34ClN3O5S. The number of halogens is 1. The molecule has 8 nitrogen and oxygen atoms in total. The lowest BCUT2D eigenvalue weighted by Crippen LogP contribution is -2.49. The third kappa shape index (κ3) is 8.46. The van der Waals surface area contributed by atoms with Crippen LogP contribution in [0.25, 0.3) is 0 Å². The normalized spacial score (nSPS) is 11.9. The van der Waals surface area contributed by atoms with Crippen LogP contribution in [0.1, 0.15) is 24.0 Å². The van der Waals surface area contributed by atoms with E-state index >= 15 is 0 Å². The van der Waals surface area contributed by atoms with E-state index in [1.165, 1.54) is 23.4 Å². The molecule has 0 heterocycles. The van der Waals surface area contributed by atoms with Crippen molar-refractivity contribution < 1.29 is 22.7 Å². The van der Waals surface area contributed by atoms with Crippen LogP contribution in [-0.4, -0.2) is 58.1 Å². The minimum absolute atomic E-state index is 0.0366. The number of carbonyl (C=O) groups is 2. The molecule has 3 aromatic carbocycles. The fraction of sp³-hybridized carbons (Fsp3) is 0.310. The van der Waals surface area contributed by atoms with Gasteiger partial charge in [-0.2, -0.15) is 0 Å². The van der Waals surface area contributed by atoms with Crippen molar-refractivity contribution in [2.75, 3.05) is 31.3 Å². The Morgan fingerprint density at radius 1 is 0.974 bits per heavy atom. The number of ether oxygens (including phenoxy) is 1. The minimum Gasteiger partial charge on any atom is -0.497 e. The lowest BCUT2D eigenvalue weighted by Gasteiger charge is -2.32. The summed E-state index contributed by atoms with van der Waals surface area (Å²) >= 11 is 6.42. The number of benzene rings is 3. The van der Waals surface area contributed by atoms with Gasteiger partial charge in [0.05, 0.1) is 19.1 Å². The van der Waals surface area contributed by atoms with Gasteiger partial charge in [0.25, 0.3) is 0 Å². The number of carbonyl (C=O) groups excluding carboxylic acids is 2. The third-order valence-electron chi connectivity index (χ3n) is 6.33. The van der Waals surface area contributed by atoms with Gasteiger partial charge in [0.1, 0.15) is 11.8 Å². The van der Waals surface area contributed by atoms with Gasteiger partial charge < -0.3 is 15.0 Å². The van der Waals surface area contributed by atoms with Crippen molar-refractivity contribution in [3.63, 3.8) is 0 Å². The van der Waals surface area contributed by atoms with Crippen molar-refractivity contribution >= 4 is 39.1 Å². The SMILES string of the molecule is CNC(=O)[C@@H](Cc1ccccc1)N(Cc1ccccc1Cl)C(=O)CCCN(c1ccc(OC)cc1)S(C)(=O)=O. The maximum atomic E-state index is 13.7. The number of methoxy groups -OCH3 is 1. The summed E-state index contributed by atoms with van der Waals surface area (Å²) in [5.41, 5.74) is 2.10. The predicted octanol–water partition coefficient (Wildman–Crippen LogP) is 4.28. The lowest BCUT2D eigenvalue weighted by atomic mass is 10.0. The van der Waals surface area contributed by atoms with Crippen LogP contribution in [0.15, 0.2) is 78.9 Å². The standard InChI is InChI=1S/C29H34ClN3O5S/c1-31-29(35)27(20-22-10-5-4-6-11-22)32(21-23-12-7-8-13-26(23)30)28(34)14-9-19-33(39(3,36)37)24-15-17-25(38-2)18-16-24/h4-8,10-13,15-18,27H,9,14,19-21H2,1-3H3,(H,31,35)/t27-/m1/s1. The summed E-state index contributed by atoms with van der Waals surface area (Å²) in [7, 11) is -0.524. The summed E-state index contributed by atoms with van der Waals surface area (Å²) in [4.78, 5) is 28.3. The molecule has 0 saturated carbocycles. The number of nitrogens with zero attached hydrogens (tertiary/aromatic N) is 2. The van der Waals surface area contributed by atoms with Crippen LogP contribution in [0.3, 0.4) is 0 Å². The van der Waals surface area contributed by atoms with Gasteiger partial charge in [-0.3, -0.25) is 13.9 Å². The second-order valence-electron chi connectivity index (χ2n) is 9.07. The van der Waals surface area contributed by atoms with Crippen molar-refractivity contribution in [3.8, 4) is 5.75 Å². The molecule has 1 N–H and O–H groups in total. The van der Waals surface area contributed by atoms with Crippen molar-refractivity contribution in [2.24, 2.45) is 0 Å². The third-order valence-corrected chi connectivity index (χ3v) is 7.89. The molecular weight excluding hydrogens is 538 g/mol. The van der Waals surface area contributed by atoms with Gasteiger partial charge in [0.15, 0.2) is 0 Å². The van der Waals surface area contributed by atoms with Crippen LogP contribution >= 0.6 is 11.6 Å². The maximum absolute atomic E-state index is 13.7. The first kappa shape index (κ1) is 30.0. The monoisotopic (exact) mass is 571 g/mol.